The van der Waals surface area contributed by atoms with Gasteiger partial charge in [0, 0.05) is 11.1 Å². The number of nitrogens with one attached hydrogen (secondary N) is 1. The van der Waals surface area contributed by atoms with E-state index in [1.165, 1.54) is 12.1 Å². The number of aryl methyl sites for hydroxylation is 2. The van der Waals surface area contributed by atoms with E-state index in [1.807, 2.05) is 50.2 Å². The van der Waals surface area contributed by atoms with E-state index in [9.17, 15) is 23.1 Å². The van der Waals surface area contributed by atoms with Crippen LogP contribution in [0.5, 0.6) is 34.5 Å². The maximum Gasteiger partial charge on any atom is 0.349 e. The number of carbonyl (C=O) groups excluding carboxylic acids is 1. The molecule has 2 aliphatic heterocycles. The summed E-state index contributed by atoms with van der Waals surface area (Å²) in [6.07, 6.45) is 1.12. The molecule has 0 aliphatic carbocycles. The summed E-state index contributed by atoms with van der Waals surface area (Å²) in [5.41, 5.74) is 3.91. The third kappa shape index (κ3) is 10.0. The number of hydrogen-bond donors (Lipinski definition) is 2. The quantitative estimate of drug-likeness (QED) is 0.104. The van der Waals surface area contributed by atoms with E-state index < -0.39 is 34.1 Å². The molecule has 58 heavy (non-hydrogen) atoms. The maximum absolute atomic E-state index is 13.4. The lowest BCUT2D eigenvalue weighted by atomic mass is 10.0. The number of amides is 1. The van der Waals surface area contributed by atoms with Crippen molar-refractivity contribution in [2.45, 2.75) is 76.4 Å². The van der Waals surface area contributed by atoms with Gasteiger partial charge in [-0.1, -0.05) is 101 Å². The summed E-state index contributed by atoms with van der Waals surface area (Å²) in [5, 5.41) is 9.56. The van der Waals surface area contributed by atoms with Crippen molar-refractivity contribution in [1.82, 2.24) is 4.72 Å². The monoisotopic (exact) mass is 809 g/mol. The Labute approximate surface area is 338 Å². The average Bonchev–Trinajstić information content (AvgIpc) is 3.90. The van der Waals surface area contributed by atoms with E-state index in [1.54, 1.807) is 60.7 Å². The van der Waals surface area contributed by atoms with Gasteiger partial charge in [0.25, 0.3) is 15.9 Å². The highest BCUT2D eigenvalue weighted by Crippen LogP contribution is 2.38. The number of hydrogen-bond acceptors (Lipinski definition) is 10. The molecule has 0 bridgehead atoms. The average molecular weight is 810 g/mol. The highest BCUT2D eigenvalue weighted by molar-refractivity contribution is 7.90. The second-order valence-electron chi connectivity index (χ2n) is 14.0. The van der Waals surface area contributed by atoms with E-state index in [0.29, 0.717) is 45.6 Å². The second-order valence-corrected chi connectivity index (χ2v) is 15.7. The zero-order valence-corrected chi connectivity index (χ0v) is 33.6. The molecule has 5 aromatic carbocycles. The van der Waals surface area contributed by atoms with E-state index >= 15 is 0 Å². The predicted molar refractivity (Wildman–Crippen MR) is 216 cm³/mol. The highest BCUT2D eigenvalue weighted by Gasteiger charge is 2.30. The van der Waals surface area contributed by atoms with E-state index in [2.05, 4.69) is 18.6 Å². The molecule has 0 spiro atoms. The summed E-state index contributed by atoms with van der Waals surface area (Å²) in [5.74, 6) is 1.70. The van der Waals surface area contributed by atoms with Gasteiger partial charge in [0.05, 0.1) is 4.90 Å². The van der Waals surface area contributed by atoms with Gasteiger partial charge in [-0.25, -0.2) is 17.9 Å². The zero-order valence-electron chi connectivity index (χ0n) is 32.8. The molecule has 13 heteroatoms. The Morgan fingerprint density at radius 1 is 0.638 bits per heavy atom. The Balaban J connectivity index is 0.000000213. The molecule has 7 rings (SSSR count). The van der Waals surface area contributed by atoms with Crippen LogP contribution in [0.25, 0.3) is 0 Å². The lowest BCUT2D eigenvalue weighted by molar-refractivity contribution is -0.145. The largest absolute Gasteiger partial charge is 0.478 e. The first-order valence-corrected chi connectivity index (χ1v) is 20.6. The number of para-hydroxylation sites is 2. The number of fused-ring (bicyclic) bond motifs is 2. The normalized spacial score (nSPS) is 13.5. The van der Waals surface area contributed by atoms with Crippen LogP contribution in [-0.4, -0.2) is 39.0 Å². The van der Waals surface area contributed by atoms with E-state index in [-0.39, 0.29) is 24.4 Å². The third-order valence-electron chi connectivity index (χ3n) is 9.43. The second kappa shape index (κ2) is 18.8. The van der Waals surface area contributed by atoms with Crippen molar-refractivity contribution < 1.29 is 51.5 Å². The van der Waals surface area contributed by atoms with Crippen LogP contribution >= 0.6 is 0 Å². The molecule has 304 valence electrons. The molecule has 1 amide bonds. The van der Waals surface area contributed by atoms with Crippen molar-refractivity contribution in [1.29, 1.82) is 0 Å². The van der Waals surface area contributed by atoms with Gasteiger partial charge in [0.1, 0.15) is 11.5 Å². The minimum atomic E-state index is -4.11. The lowest BCUT2D eigenvalue weighted by Crippen LogP contribution is -2.37. The minimum Gasteiger partial charge on any atom is -0.478 e. The van der Waals surface area contributed by atoms with Crippen molar-refractivity contribution in [3.8, 4) is 34.5 Å². The van der Waals surface area contributed by atoms with Gasteiger partial charge in [0.15, 0.2) is 23.0 Å². The summed E-state index contributed by atoms with van der Waals surface area (Å²) in [6, 6.07) is 31.5. The van der Waals surface area contributed by atoms with Crippen LogP contribution in [0.15, 0.2) is 114 Å². The Kier molecular flexibility index (Phi) is 13.4. The molecule has 0 aromatic heterocycles. The van der Waals surface area contributed by atoms with Crippen molar-refractivity contribution >= 4 is 21.9 Å². The first-order valence-electron chi connectivity index (χ1n) is 19.1. The van der Waals surface area contributed by atoms with Crippen molar-refractivity contribution in [2.75, 3.05) is 13.6 Å². The minimum absolute atomic E-state index is 0.00562. The molecule has 0 radical (unpaired) electrons. The molecule has 0 saturated heterocycles. The van der Waals surface area contributed by atoms with Crippen LogP contribution in [-0.2, 0) is 32.5 Å². The number of sulfonamides is 1. The number of rotatable bonds is 15. The molecule has 5 aromatic rings. The molecule has 2 heterocycles. The van der Waals surface area contributed by atoms with E-state index in [0.717, 1.165) is 42.4 Å². The number of carbonyl (C=O) groups is 2. The standard InChI is InChI=1S/C27H29NO6S.C18H18O5/c1-4-7-20-8-5-6-9-23(20)34-26(21-12-15-24-25(16-21)33-17-32-24)27(29)28-35(30,31)22-13-10-19(11-14-22)18(2)3;1-2-5-12-6-3-4-7-14(12)23-17(18(19)20)13-8-9-15-16(10-13)22-11-21-15/h5-6,8-16,18,26H,4,7,17H2,1-3H3,(H,28,29);3-4,6-10,17H,2,5,11H2,1H3,(H,19,20). The van der Waals surface area contributed by atoms with Gasteiger partial charge < -0.3 is 33.5 Å². The summed E-state index contributed by atoms with van der Waals surface area (Å²) in [4.78, 5) is 25.1. The smallest absolute Gasteiger partial charge is 0.349 e. The summed E-state index contributed by atoms with van der Waals surface area (Å²) < 4.78 is 61.6. The van der Waals surface area contributed by atoms with Crippen LogP contribution < -0.4 is 33.1 Å². The van der Waals surface area contributed by atoms with Crippen LogP contribution in [0.4, 0.5) is 0 Å². The highest BCUT2D eigenvalue weighted by atomic mass is 32.2. The van der Waals surface area contributed by atoms with Crippen LogP contribution in [0.2, 0.25) is 0 Å². The van der Waals surface area contributed by atoms with Crippen molar-refractivity contribution in [3.63, 3.8) is 0 Å². The van der Waals surface area contributed by atoms with Crippen molar-refractivity contribution in [2.24, 2.45) is 0 Å². The van der Waals surface area contributed by atoms with Gasteiger partial charge in [-0.3, -0.25) is 4.79 Å². The number of carboxylic acid groups (broad SMARTS) is 1. The summed E-state index contributed by atoms with van der Waals surface area (Å²) >= 11 is 0. The molecule has 2 aliphatic rings. The van der Waals surface area contributed by atoms with Gasteiger partial charge >= 0.3 is 5.97 Å². The third-order valence-corrected chi connectivity index (χ3v) is 10.8. The Bertz CT molecular complexity index is 2330. The fourth-order valence-electron chi connectivity index (χ4n) is 6.41. The fourth-order valence-corrected chi connectivity index (χ4v) is 7.39. The number of benzene rings is 5. The summed E-state index contributed by atoms with van der Waals surface area (Å²) in [6.45, 7) is 8.40. The molecule has 2 N–H and O–H groups in total. The topological polar surface area (TPSA) is 156 Å². The number of aliphatic carboxylic acids is 1. The van der Waals surface area contributed by atoms with Gasteiger partial charge in [0.2, 0.25) is 25.8 Å². The number of ether oxygens (including phenoxy) is 6. The Morgan fingerprint density at radius 2 is 1.09 bits per heavy atom. The molecular weight excluding hydrogens is 763 g/mol. The molecule has 12 nitrogen and oxygen atoms in total. The number of carboxylic acids is 1. The molecule has 0 saturated carbocycles. The van der Waals surface area contributed by atoms with Crippen LogP contribution in [0.1, 0.15) is 86.5 Å². The summed E-state index contributed by atoms with van der Waals surface area (Å²) in [7, 11) is -4.11. The van der Waals surface area contributed by atoms with Gasteiger partial charge in [-0.15, -0.1) is 0 Å². The van der Waals surface area contributed by atoms with Crippen LogP contribution in [0, 0.1) is 0 Å². The fraction of sp³-hybridized carbons (Fsp3) is 0.289. The first-order chi connectivity index (χ1) is 28.0. The van der Waals surface area contributed by atoms with Gasteiger partial charge in [-0.2, -0.15) is 0 Å². The molecular formula is C45H47NO11S. The Morgan fingerprint density at radius 3 is 1.57 bits per heavy atom. The lowest BCUT2D eigenvalue weighted by Gasteiger charge is -2.21. The predicted octanol–water partition coefficient (Wildman–Crippen LogP) is 8.69. The van der Waals surface area contributed by atoms with Gasteiger partial charge in [-0.05, 0) is 84.0 Å². The zero-order chi connectivity index (χ0) is 41.2. The first kappa shape index (κ1) is 41.4. The maximum atomic E-state index is 13.4. The van der Waals surface area contributed by atoms with E-state index in [4.69, 9.17) is 28.4 Å². The molecule has 2 atom stereocenters. The van der Waals surface area contributed by atoms with Crippen molar-refractivity contribution in [3.05, 3.63) is 137 Å². The Hall–Kier alpha value is -6.21. The molecule has 2 unspecified atom stereocenters. The SMILES string of the molecule is CCCc1ccccc1OC(C(=O)NS(=O)(=O)c1ccc(C(C)C)cc1)c1ccc2c(c1)OCO2.CCCc1ccccc1OC(C(=O)O)c1ccc2c(c1)OCO2. The van der Waals surface area contributed by atoms with Crippen LogP contribution in [0.3, 0.4) is 0 Å². The molecule has 0 fully saturated rings.